The Labute approximate surface area is 101 Å². The number of hydrogen-bond donors (Lipinski definition) is 1. The lowest BCUT2D eigenvalue weighted by Crippen LogP contribution is -2.28. The predicted octanol–water partition coefficient (Wildman–Crippen LogP) is 1.00. The molecular formula is C13H17N3O. The second-order valence-corrected chi connectivity index (χ2v) is 4.27. The topological polar surface area (TPSA) is 49.6 Å². The van der Waals surface area contributed by atoms with Gasteiger partial charge in [-0.15, -0.1) is 0 Å². The van der Waals surface area contributed by atoms with Gasteiger partial charge >= 0.3 is 0 Å². The highest BCUT2D eigenvalue weighted by atomic mass is 16.1. The zero-order valence-corrected chi connectivity index (χ0v) is 9.97. The van der Waals surface area contributed by atoms with E-state index in [1.165, 1.54) is 0 Å². The van der Waals surface area contributed by atoms with E-state index >= 15 is 0 Å². The Morgan fingerprint density at radius 1 is 1.41 bits per heavy atom. The highest BCUT2D eigenvalue weighted by Gasteiger charge is 2.14. The maximum Gasteiger partial charge on any atom is 0.182 e. The molecule has 0 aromatic heterocycles. The van der Waals surface area contributed by atoms with Gasteiger partial charge in [0.05, 0.1) is 13.2 Å². The molecule has 1 aromatic rings. The third-order valence-corrected chi connectivity index (χ3v) is 2.77. The van der Waals surface area contributed by atoms with Crippen LogP contribution in [0.4, 0.5) is 0 Å². The number of rotatable bonds is 4. The third-order valence-electron chi connectivity index (χ3n) is 2.77. The van der Waals surface area contributed by atoms with E-state index in [0.29, 0.717) is 13.1 Å². The summed E-state index contributed by atoms with van der Waals surface area (Å²) in [5.41, 5.74) is 7.28. The third kappa shape index (κ3) is 2.85. The smallest absolute Gasteiger partial charge is 0.182 e. The molecule has 0 aliphatic carbocycles. The van der Waals surface area contributed by atoms with Crippen LogP contribution in [0, 0.1) is 0 Å². The fraction of sp³-hybridized carbons (Fsp3) is 0.308. The van der Waals surface area contributed by atoms with Crippen LogP contribution in [0.1, 0.15) is 15.9 Å². The fourth-order valence-electron chi connectivity index (χ4n) is 1.84. The summed E-state index contributed by atoms with van der Waals surface area (Å²) in [6.45, 7) is 1.64. The SMILES string of the molecule is CN1C=CN(CC(=O)c2cccc(CN)c2)C1. The molecule has 0 unspecified atom stereocenters. The number of carbonyl (C=O) groups is 1. The maximum atomic E-state index is 12.0. The van der Waals surface area contributed by atoms with Gasteiger partial charge in [-0.05, 0) is 11.6 Å². The molecule has 0 radical (unpaired) electrons. The molecule has 0 amide bonds. The van der Waals surface area contributed by atoms with Crippen molar-refractivity contribution < 1.29 is 4.79 Å². The van der Waals surface area contributed by atoms with Crippen LogP contribution < -0.4 is 5.73 Å². The van der Waals surface area contributed by atoms with Gasteiger partial charge in [-0.2, -0.15) is 0 Å². The highest BCUT2D eigenvalue weighted by molar-refractivity contribution is 5.97. The number of hydrogen-bond acceptors (Lipinski definition) is 4. The first-order valence-electron chi connectivity index (χ1n) is 5.64. The van der Waals surface area contributed by atoms with Gasteiger partial charge in [0.25, 0.3) is 0 Å². The van der Waals surface area contributed by atoms with E-state index < -0.39 is 0 Å². The molecule has 1 aromatic carbocycles. The summed E-state index contributed by atoms with van der Waals surface area (Å²) in [6.07, 6.45) is 3.90. The van der Waals surface area contributed by atoms with Crippen molar-refractivity contribution in [3.05, 3.63) is 47.8 Å². The Bertz CT molecular complexity index is 442. The summed E-state index contributed by atoms with van der Waals surface area (Å²) in [7, 11) is 1.98. The second kappa shape index (κ2) is 5.01. The fourth-order valence-corrected chi connectivity index (χ4v) is 1.84. The zero-order valence-electron chi connectivity index (χ0n) is 9.97. The molecule has 4 nitrogen and oxygen atoms in total. The van der Waals surface area contributed by atoms with Crippen LogP contribution in [-0.4, -0.2) is 35.8 Å². The van der Waals surface area contributed by atoms with Crippen molar-refractivity contribution in [3.63, 3.8) is 0 Å². The van der Waals surface area contributed by atoms with E-state index in [1.807, 2.05) is 53.5 Å². The maximum absolute atomic E-state index is 12.0. The Hall–Kier alpha value is -1.81. The van der Waals surface area contributed by atoms with Gasteiger partial charge in [-0.1, -0.05) is 18.2 Å². The van der Waals surface area contributed by atoms with Gasteiger partial charge in [0.15, 0.2) is 5.78 Å². The number of Topliss-reactive ketones (excluding diaryl/α,β-unsaturated/α-hetero) is 1. The second-order valence-electron chi connectivity index (χ2n) is 4.27. The van der Waals surface area contributed by atoms with Crippen molar-refractivity contribution >= 4 is 5.78 Å². The summed E-state index contributed by atoms with van der Waals surface area (Å²) in [5, 5.41) is 0. The minimum atomic E-state index is 0.125. The van der Waals surface area contributed by atoms with Crippen LogP contribution in [0.15, 0.2) is 36.7 Å². The largest absolute Gasteiger partial charge is 0.362 e. The van der Waals surface area contributed by atoms with E-state index in [0.717, 1.165) is 17.8 Å². The van der Waals surface area contributed by atoms with Gasteiger partial charge in [0, 0.05) is 31.6 Å². The number of benzene rings is 1. The average Bonchev–Trinajstić information content (AvgIpc) is 2.75. The monoisotopic (exact) mass is 231 g/mol. The molecule has 90 valence electrons. The molecule has 1 heterocycles. The van der Waals surface area contributed by atoms with Crippen molar-refractivity contribution in [3.8, 4) is 0 Å². The van der Waals surface area contributed by atoms with Crippen molar-refractivity contribution in [2.24, 2.45) is 5.73 Å². The van der Waals surface area contributed by atoms with E-state index in [1.54, 1.807) is 0 Å². The van der Waals surface area contributed by atoms with Crippen LogP contribution in [0.5, 0.6) is 0 Å². The lowest BCUT2D eigenvalue weighted by molar-refractivity contribution is 0.0948. The van der Waals surface area contributed by atoms with Crippen LogP contribution in [0.25, 0.3) is 0 Å². The Kier molecular flexibility index (Phi) is 3.44. The molecule has 0 saturated carbocycles. The van der Waals surface area contributed by atoms with Crippen LogP contribution >= 0.6 is 0 Å². The van der Waals surface area contributed by atoms with Crippen molar-refractivity contribution in [1.29, 1.82) is 0 Å². The predicted molar refractivity (Wildman–Crippen MR) is 67.1 cm³/mol. The van der Waals surface area contributed by atoms with Gasteiger partial charge in [0.1, 0.15) is 0 Å². The molecule has 1 aliphatic heterocycles. The molecule has 0 spiro atoms. The molecule has 2 N–H and O–H groups in total. The molecular weight excluding hydrogens is 214 g/mol. The summed E-state index contributed by atoms with van der Waals surface area (Å²) in [4.78, 5) is 16.1. The molecule has 0 fully saturated rings. The first-order chi connectivity index (χ1) is 8.19. The molecule has 0 atom stereocenters. The zero-order chi connectivity index (χ0) is 12.3. The number of nitrogens with zero attached hydrogens (tertiary/aromatic N) is 2. The van der Waals surface area contributed by atoms with E-state index in [4.69, 9.17) is 5.73 Å². The lowest BCUT2D eigenvalue weighted by Gasteiger charge is -2.17. The number of carbonyl (C=O) groups excluding carboxylic acids is 1. The quantitative estimate of drug-likeness (QED) is 0.786. The van der Waals surface area contributed by atoms with E-state index in [9.17, 15) is 4.79 Å². The molecule has 0 saturated heterocycles. The Balaban J connectivity index is 2.02. The molecule has 1 aliphatic rings. The van der Waals surface area contributed by atoms with Gasteiger partial charge in [0.2, 0.25) is 0 Å². The van der Waals surface area contributed by atoms with Crippen molar-refractivity contribution in [2.45, 2.75) is 6.54 Å². The van der Waals surface area contributed by atoms with Crippen molar-refractivity contribution in [2.75, 3.05) is 20.3 Å². The molecule has 0 bridgehead atoms. The minimum Gasteiger partial charge on any atom is -0.362 e. The van der Waals surface area contributed by atoms with Crippen LogP contribution in [0.2, 0.25) is 0 Å². The molecule has 17 heavy (non-hydrogen) atoms. The summed E-state index contributed by atoms with van der Waals surface area (Å²) < 4.78 is 0. The van der Waals surface area contributed by atoms with Crippen LogP contribution in [0.3, 0.4) is 0 Å². The van der Waals surface area contributed by atoms with Gasteiger partial charge in [-0.25, -0.2) is 0 Å². The average molecular weight is 231 g/mol. The number of nitrogens with two attached hydrogens (primary N) is 1. The molecule has 2 rings (SSSR count). The standard InChI is InChI=1S/C13H17N3O/c1-15-5-6-16(10-15)9-13(17)12-4-2-3-11(7-12)8-14/h2-7H,8-10,14H2,1H3. The summed E-state index contributed by atoms with van der Waals surface area (Å²) in [6, 6.07) is 7.51. The first-order valence-corrected chi connectivity index (χ1v) is 5.64. The van der Waals surface area contributed by atoms with E-state index in [2.05, 4.69) is 0 Å². The number of ketones is 1. The summed E-state index contributed by atoms with van der Waals surface area (Å²) in [5.74, 6) is 0.125. The Morgan fingerprint density at radius 2 is 2.24 bits per heavy atom. The summed E-state index contributed by atoms with van der Waals surface area (Å²) >= 11 is 0. The Morgan fingerprint density at radius 3 is 2.88 bits per heavy atom. The minimum absolute atomic E-state index is 0.125. The van der Waals surface area contributed by atoms with Crippen LogP contribution in [-0.2, 0) is 6.54 Å². The lowest BCUT2D eigenvalue weighted by atomic mass is 10.1. The van der Waals surface area contributed by atoms with Gasteiger partial charge in [-0.3, -0.25) is 4.79 Å². The normalized spacial score (nSPS) is 14.5. The molecule has 4 heteroatoms. The van der Waals surface area contributed by atoms with E-state index in [-0.39, 0.29) is 5.78 Å². The van der Waals surface area contributed by atoms with Gasteiger partial charge < -0.3 is 15.5 Å². The highest BCUT2D eigenvalue weighted by Crippen LogP contribution is 2.09. The van der Waals surface area contributed by atoms with Crippen molar-refractivity contribution in [1.82, 2.24) is 9.80 Å². The first kappa shape index (κ1) is 11.7.